The van der Waals surface area contributed by atoms with E-state index in [4.69, 9.17) is 16.3 Å². The van der Waals surface area contributed by atoms with E-state index in [2.05, 4.69) is 0 Å². The first-order valence-electron chi connectivity index (χ1n) is 7.31. The van der Waals surface area contributed by atoms with Gasteiger partial charge in [0.2, 0.25) is 5.24 Å². The van der Waals surface area contributed by atoms with Crippen LogP contribution in [0.25, 0.3) is 0 Å². The molecule has 0 aliphatic heterocycles. The molecule has 0 saturated heterocycles. The van der Waals surface area contributed by atoms with Crippen molar-refractivity contribution in [3.63, 3.8) is 0 Å². The van der Waals surface area contributed by atoms with Crippen LogP contribution in [-0.2, 0) is 14.8 Å². The molecule has 2 aromatic rings. The Balaban J connectivity index is 2.73. The number of anilines is 1. The Labute approximate surface area is 155 Å². The van der Waals surface area contributed by atoms with Gasteiger partial charge in [0.25, 0.3) is 15.7 Å². The Hall–Kier alpha value is -2.65. The molecule has 8 nitrogen and oxygen atoms in total. The number of methoxy groups -OCH3 is 1. The summed E-state index contributed by atoms with van der Waals surface area (Å²) in [6, 6.07) is 9.53. The highest BCUT2D eigenvalue weighted by Crippen LogP contribution is 2.33. The molecule has 138 valence electrons. The summed E-state index contributed by atoms with van der Waals surface area (Å²) in [4.78, 5) is 21.6. The minimum absolute atomic E-state index is 0.0870. The quantitative estimate of drug-likeness (QED) is 0.403. The van der Waals surface area contributed by atoms with E-state index in [-0.39, 0.29) is 5.69 Å². The Morgan fingerprint density at radius 2 is 1.88 bits per heavy atom. The standard InChI is InChI=1S/C16H15ClN2O6S/c1-11(16(17)20)18(12-6-5-7-13(10-12)25-2)26(23,24)15-9-4-3-8-14(15)19(21)22/h3-11H,1-2H3. The topological polar surface area (TPSA) is 107 Å². The Bertz CT molecular complexity index is 947. The Morgan fingerprint density at radius 3 is 2.46 bits per heavy atom. The average Bonchev–Trinajstić information content (AvgIpc) is 2.61. The monoisotopic (exact) mass is 398 g/mol. The van der Waals surface area contributed by atoms with Crippen LogP contribution < -0.4 is 9.04 Å². The van der Waals surface area contributed by atoms with Crippen molar-refractivity contribution >= 4 is 38.2 Å². The van der Waals surface area contributed by atoms with Gasteiger partial charge in [0.1, 0.15) is 11.8 Å². The summed E-state index contributed by atoms with van der Waals surface area (Å²) in [6.45, 7) is 1.29. The molecule has 0 aromatic heterocycles. The lowest BCUT2D eigenvalue weighted by Gasteiger charge is -2.28. The summed E-state index contributed by atoms with van der Waals surface area (Å²) in [6.07, 6.45) is 0. The van der Waals surface area contributed by atoms with Gasteiger partial charge in [-0.25, -0.2) is 8.42 Å². The number of carbonyl (C=O) groups is 1. The van der Waals surface area contributed by atoms with Crippen LogP contribution >= 0.6 is 11.6 Å². The molecule has 1 atom stereocenters. The summed E-state index contributed by atoms with van der Waals surface area (Å²) in [5.74, 6) is 0.347. The summed E-state index contributed by atoms with van der Waals surface area (Å²) in [7, 11) is -3.07. The fourth-order valence-electron chi connectivity index (χ4n) is 2.34. The van der Waals surface area contributed by atoms with Gasteiger partial charge in [0, 0.05) is 12.1 Å². The third-order valence-corrected chi connectivity index (χ3v) is 5.85. The number of nitro benzene ring substituents is 1. The number of halogens is 1. The molecular weight excluding hydrogens is 384 g/mol. The molecule has 2 aromatic carbocycles. The Kier molecular flexibility index (Phi) is 5.83. The lowest BCUT2D eigenvalue weighted by atomic mass is 10.2. The number of sulfonamides is 1. The first-order valence-corrected chi connectivity index (χ1v) is 9.13. The molecule has 26 heavy (non-hydrogen) atoms. The van der Waals surface area contributed by atoms with Gasteiger partial charge < -0.3 is 4.74 Å². The summed E-state index contributed by atoms with van der Waals surface area (Å²) in [5.41, 5.74) is -0.515. The molecular formula is C16H15ClN2O6S. The van der Waals surface area contributed by atoms with E-state index in [1.54, 1.807) is 6.07 Å². The van der Waals surface area contributed by atoms with E-state index in [1.807, 2.05) is 0 Å². The predicted molar refractivity (Wildman–Crippen MR) is 96.1 cm³/mol. The highest BCUT2D eigenvalue weighted by atomic mass is 35.5. The second-order valence-corrected chi connectivity index (χ2v) is 7.36. The van der Waals surface area contributed by atoms with Crippen LogP contribution in [0.3, 0.4) is 0 Å². The number of carbonyl (C=O) groups excluding carboxylic acids is 1. The third-order valence-electron chi connectivity index (χ3n) is 3.59. The predicted octanol–water partition coefficient (Wildman–Crippen LogP) is 2.95. The molecule has 0 aliphatic rings. The van der Waals surface area contributed by atoms with Gasteiger partial charge in [0.15, 0.2) is 4.90 Å². The summed E-state index contributed by atoms with van der Waals surface area (Å²) >= 11 is 5.53. The number of para-hydroxylation sites is 1. The molecule has 0 saturated carbocycles. The number of nitrogens with zero attached hydrogens (tertiary/aromatic N) is 2. The van der Waals surface area contributed by atoms with E-state index < -0.39 is 36.8 Å². The fourth-order valence-corrected chi connectivity index (χ4v) is 4.27. The number of hydrogen-bond acceptors (Lipinski definition) is 6. The van der Waals surface area contributed by atoms with Crippen LogP contribution in [-0.4, -0.2) is 31.7 Å². The van der Waals surface area contributed by atoms with E-state index >= 15 is 0 Å². The number of nitro groups is 1. The van der Waals surface area contributed by atoms with Gasteiger partial charge in [0.05, 0.1) is 17.7 Å². The molecule has 0 amide bonds. The number of rotatable bonds is 7. The zero-order chi connectivity index (χ0) is 19.5. The molecule has 10 heteroatoms. The molecule has 0 fully saturated rings. The van der Waals surface area contributed by atoms with Crippen molar-refractivity contribution in [2.75, 3.05) is 11.4 Å². The van der Waals surface area contributed by atoms with Crippen LogP contribution in [0.1, 0.15) is 6.92 Å². The van der Waals surface area contributed by atoms with E-state index in [9.17, 15) is 23.3 Å². The van der Waals surface area contributed by atoms with Gasteiger partial charge in [-0.15, -0.1) is 0 Å². The summed E-state index contributed by atoms with van der Waals surface area (Å²) in [5, 5.41) is 10.3. The molecule has 0 radical (unpaired) electrons. The molecule has 0 aliphatic carbocycles. The maximum absolute atomic E-state index is 13.2. The highest BCUT2D eigenvalue weighted by Gasteiger charge is 2.37. The maximum Gasteiger partial charge on any atom is 0.289 e. The van der Waals surface area contributed by atoms with Gasteiger partial charge in [-0.05, 0) is 36.7 Å². The van der Waals surface area contributed by atoms with Crippen molar-refractivity contribution in [2.24, 2.45) is 0 Å². The maximum atomic E-state index is 13.2. The van der Waals surface area contributed by atoms with Gasteiger partial charge in [-0.2, -0.15) is 0 Å². The van der Waals surface area contributed by atoms with Crippen molar-refractivity contribution in [1.82, 2.24) is 0 Å². The van der Waals surface area contributed by atoms with Crippen LogP contribution in [0.5, 0.6) is 5.75 Å². The number of ether oxygens (including phenoxy) is 1. The zero-order valence-corrected chi connectivity index (χ0v) is 15.4. The average molecular weight is 399 g/mol. The SMILES string of the molecule is COc1cccc(N(C(C)C(=O)Cl)S(=O)(=O)c2ccccc2[N+](=O)[O-])c1. The zero-order valence-electron chi connectivity index (χ0n) is 13.8. The van der Waals surface area contributed by atoms with Crippen LogP contribution in [0, 0.1) is 10.1 Å². The highest BCUT2D eigenvalue weighted by molar-refractivity contribution is 7.93. The third kappa shape index (κ3) is 3.78. The van der Waals surface area contributed by atoms with Crippen LogP contribution in [0.2, 0.25) is 0 Å². The number of benzene rings is 2. The smallest absolute Gasteiger partial charge is 0.289 e. The van der Waals surface area contributed by atoms with Crippen molar-refractivity contribution in [3.05, 3.63) is 58.6 Å². The largest absolute Gasteiger partial charge is 0.497 e. The first-order chi connectivity index (χ1) is 12.2. The van der Waals surface area contributed by atoms with Gasteiger partial charge in [-0.1, -0.05) is 18.2 Å². The molecule has 2 rings (SSSR count). The number of hydrogen-bond donors (Lipinski definition) is 0. The van der Waals surface area contributed by atoms with Crippen molar-refractivity contribution in [2.45, 2.75) is 17.9 Å². The van der Waals surface area contributed by atoms with E-state index in [0.717, 1.165) is 16.4 Å². The Morgan fingerprint density at radius 1 is 1.23 bits per heavy atom. The molecule has 1 unspecified atom stereocenters. The van der Waals surface area contributed by atoms with Gasteiger partial charge in [-0.3, -0.25) is 19.2 Å². The summed E-state index contributed by atoms with van der Waals surface area (Å²) < 4.78 is 32.2. The van der Waals surface area contributed by atoms with Crippen molar-refractivity contribution < 1.29 is 22.9 Å². The van der Waals surface area contributed by atoms with Crippen LogP contribution in [0.15, 0.2) is 53.4 Å². The minimum atomic E-state index is -4.47. The first kappa shape index (κ1) is 19.7. The fraction of sp³-hybridized carbons (Fsp3) is 0.188. The second-order valence-electron chi connectivity index (χ2n) is 5.21. The molecule has 0 N–H and O–H groups in total. The lowest BCUT2D eigenvalue weighted by molar-refractivity contribution is -0.387. The van der Waals surface area contributed by atoms with Crippen LogP contribution in [0.4, 0.5) is 11.4 Å². The van der Waals surface area contributed by atoms with E-state index in [0.29, 0.717) is 5.75 Å². The lowest BCUT2D eigenvalue weighted by Crippen LogP contribution is -2.42. The molecule has 0 bridgehead atoms. The molecule has 0 heterocycles. The minimum Gasteiger partial charge on any atom is -0.497 e. The normalized spacial score (nSPS) is 12.3. The van der Waals surface area contributed by atoms with Crippen molar-refractivity contribution in [1.29, 1.82) is 0 Å². The second kappa shape index (κ2) is 7.71. The van der Waals surface area contributed by atoms with Crippen molar-refractivity contribution in [3.8, 4) is 5.75 Å². The molecule has 0 spiro atoms. The van der Waals surface area contributed by atoms with Gasteiger partial charge >= 0.3 is 0 Å². The van der Waals surface area contributed by atoms with E-state index in [1.165, 1.54) is 44.4 Å².